The fourth-order valence-electron chi connectivity index (χ4n) is 1.41. The lowest BCUT2D eigenvalue weighted by molar-refractivity contribution is 0.0806. The van der Waals surface area contributed by atoms with Crippen molar-refractivity contribution in [2.45, 2.75) is 33.4 Å². The molecule has 0 aliphatic heterocycles. The summed E-state index contributed by atoms with van der Waals surface area (Å²) < 4.78 is 7.34. The van der Waals surface area contributed by atoms with Crippen LogP contribution in [0, 0.1) is 6.92 Å². The van der Waals surface area contributed by atoms with E-state index >= 15 is 0 Å². The highest BCUT2D eigenvalue weighted by Gasteiger charge is 2.00. The van der Waals surface area contributed by atoms with Crippen molar-refractivity contribution >= 4 is 0 Å². The van der Waals surface area contributed by atoms with Gasteiger partial charge in [0, 0.05) is 20.1 Å². The van der Waals surface area contributed by atoms with Gasteiger partial charge in [0.2, 0.25) is 0 Å². The third-order valence-corrected chi connectivity index (χ3v) is 2.14. The minimum absolute atomic E-state index is 0.311. The Morgan fingerprint density at radius 2 is 2.27 bits per heavy atom. The molecule has 4 nitrogen and oxygen atoms in total. The van der Waals surface area contributed by atoms with Gasteiger partial charge in [-0.25, -0.2) is 0 Å². The van der Waals surface area contributed by atoms with E-state index in [1.807, 2.05) is 32.5 Å². The number of aromatic nitrogens is 2. The molecule has 4 heteroatoms. The zero-order valence-electron chi connectivity index (χ0n) is 10.1. The number of aryl methyl sites for hydroxylation is 2. The van der Waals surface area contributed by atoms with Crippen molar-refractivity contribution in [3.8, 4) is 0 Å². The summed E-state index contributed by atoms with van der Waals surface area (Å²) in [5.74, 6) is 0. The van der Waals surface area contributed by atoms with E-state index in [-0.39, 0.29) is 0 Å². The molecule has 0 saturated heterocycles. The molecule has 1 aromatic rings. The predicted molar refractivity (Wildman–Crippen MR) is 60.7 cm³/mol. The smallest absolute Gasteiger partial charge is 0.0597 e. The fraction of sp³-hybridized carbons (Fsp3) is 0.727. The zero-order valence-corrected chi connectivity index (χ0v) is 10.1. The molecular formula is C11H21N3O. The molecule has 1 rings (SSSR count). The molecule has 0 atom stereocenters. The fourth-order valence-corrected chi connectivity index (χ4v) is 1.41. The molecule has 0 aliphatic carbocycles. The van der Waals surface area contributed by atoms with Gasteiger partial charge >= 0.3 is 0 Å². The molecule has 1 aromatic heterocycles. The number of ether oxygens (including phenoxy) is 1. The molecule has 0 saturated carbocycles. The number of nitrogens with zero attached hydrogens (tertiary/aromatic N) is 2. The van der Waals surface area contributed by atoms with Crippen LogP contribution in [0.4, 0.5) is 0 Å². The van der Waals surface area contributed by atoms with Gasteiger partial charge in [0.25, 0.3) is 0 Å². The second-order valence-corrected chi connectivity index (χ2v) is 4.00. The van der Waals surface area contributed by atoms with E-state index in [9.17, 15) is 0 Å². The highest BCUT2D eigenvalue weighted by atomic mass is 16.5. The highest BCUT2D eigenvalue weighted by Crippen LogP contribution is 2.00. The summed E-state index contributed by atoms with van der Waals surface area (Å²) in [6.07, 6.45) is 0.311. The lowest BCUT2D eigenvalue weighted by atomic mass is 10.3. The molecular weight excluding hydrogens is 190 g/mol. The molecule has 0 aromatic carbocycles. The van der Waals surface area contributed by atoms with Gasteiger partial charge in [-0.05, 0) is 26.8 Å². The van der Waals surface area contributed by atoms with E-state index in [4.69, 9.17) is 4.74 Å². The van der Waals surface area contributed by atoms with E-state index in [0.717, 1.165) is 25.4 Å². The van der Waals surface area contributed by atoms with Gasteiger partial charge in [-0.15, -0.1) is 0 Å². The Balaban J connectivity index is 2.17. The quantitative estimate of drug-likeness (QED) is 0.720. The topological polar surface area (TPSA) is 39.1 Å². The van der Waals surface area contributed by atoms with Gasteiger partial charge in [-0.1, -0.05) is 0 Å². The molecule has 0 bridgehead atoms. The van der Waals surface area contributed by atoms with E-state index in [0.29, 0.717) is 6.10 Å². The molecule has 0 fully saturated rings. The first-order valence-corrected chi connectivity index (χ1v) is 5.41. The minimum Gasteiger partial charge on any atom is -0.377 e. The van der Waals surface area contributed by atoms with Crippen molar-refractivity contribution in [2.24, 2.45) is 7.05 Å². The maximum absolute atomic E-state index is 5.43. The van der Waals surface area contributed by atoms with E-state index in [1.165, 1.54) is 5.69 Å². The first kappa shape index (κ1) is 12.2. The Kier molecular flexibility index (Phi) is 4.78. The normalized spacial score (nSPS) is 11.3. The van der Waals surface area contributed by atoms with Gasteiger partial charge in [0.15, 0.2) is 0 Å². The van der Waals surface area contributed by atoms with Gasteiger partial charge in [0.1, 0.15) is 0 Å². The van der Waals surface area contributed by atoms with Crippen LogP contribution in [0.25, 0.3) is 0 Å². The van der Waals surface area contributed by atoms with Crippen molar-refractivity contribution in [1.29, 1.82) is 0 Å². The summed E-state index contributed by atoms with van der Waals surface area (Å²) in [5.41, 5.74) is 2.27. The third kappa shape index (κ3) is 4.44. The number of rotatable bonds is 6. The van der Waals surface area contributed by atoms with Crippen LogP contribution in [0.1, 0.15) is 25.2 Å². The van der Waals surface area contributed by atoms with Crippen LogP contribution in [-0.4, -0.2) is 29.0 Å². The molecule has 0 aliphatic rings. The summed E-state index contributed by atoms with van der Waals surface area (Å²) in [4.78, 5) is 0. The van der Waals surface area contributed by atoms with Gasteiger partial charge in [0.05, 0.1) is 24.1 Å². The van der Waals surface area contributed by atoms with Gasteiger partial charge in [-0.3, -0.25) is 4.68 Å². The molecule has 1 heterocycles. The highest BCUT2D eigenvalue weighted by molar-refractivity contribution is 5.08. The average Bonchev–Trinajstić information content (AvgIpc) is 2.44. The van der Waals surface area contributed by atoms with Crippen LogP contribution in [0.5, 0.6) is 0 Å². The van der Waals surface area contributed by atoms with Crippen LogP contribution < -0.4 is 5.32 Å². The summed E-state index contributed by atoms with van der Waals surface area (Å²) in [6.45, 7) is 8.58. The van der Waals surface area contributed by atoms with Crippen LogP contribution in [0.15, 0.2) is 6.07 Å². The first-order valence-electron chi connectivity index (χ1n) is 5.41. The molecule has 15 heavy (non-hydrogen) atoms. The Labute approximate surface area is 91.6 Å². The van der Waals surface area contributed by atoms with Crippen LogP contribution in [0.3, 0.4) is 0 Å². The third-order valence-electron chi connectivity index (χ3n) is 2.14. The summed E-state index contributed by atoms with van der Waals surface area (Å²) in [7, 11) is 1.97. The Morgan fingerprint density at radius 3 is 2.80 bits per heavy atom. The van der Waals surface area contributed by atoms with Crippen LogP contribution in [0.2, 0.25) is 0 Å². The van der Waals surface area contributed by atoms with Crippen molar-refractivity contribution in [3.63, 3.8) is 0 Å². The molecule has 0 amide bonds. The monoisotopic (exact) mass is 211 g/mol. The van der Waals surface area contributed by atoms with Crippen molar-refractivity contribution in [2.75, 3.05) is 13.2 Å². The lowest BCUT2D eigenvalue weighted by Crippen LogP contribution is -2.22. The summed E-state index contributed by atoms with van der Waals surface area (Å²) in [6, 6.07) is 2.09. The Morgan fingerprint density at radius 1 is 1.53 bits per heavy atom. The average molecular weight is 211 g/mol. The first-order chi connectivity index (χ1) is 7.09. The molecule has 86 valence electrons. The summed E-state index contributed by atoms with van der Waals surface area (Å²) >= 11 is 0. The number of hydrogen-bond acceptors (Lipinski definition) is 3. The van der Waals surface area contributed by atoms with Gasteiger partial charge in [-0.2, -0.15) is 5.10 Å². The van der Waals surface area contributed by atoms with E-state index in [1.54, 1.807) is 0 Å². The standard InChI is InChI=1S/C11H21N3O/c1-9(2)15-6-5-12-8-11-7-10(3)13-14(11)4/h7,9,12H,5-6,8H2,1-4H3. The lowest BCUT2D eigenvalue weighted by Gasteiger charge is -2.08. The largest absolute Gasteiger partial charge is 0.377 e. The maximum Gasteiger partial charge on any atom is 0.0597 e. The molecule has 0 radical (unpaired) electrons. The van der Waals surface area contributed by atoms with E-state index < -0.39 is 0 Å². The Bertz CT molecular complexity index is 294. The maximum atomic E-state index is 5.43. The molecule has 0 unspecified atom stereocenters. The Hall–Kier alpha value is -0.870. The SMILES string of the molecule is Cc1cc(CNCCOC(C)C)n(C)n1. The second kappa shape index (κ2) is 5.88. The van der Waals surface area contributed by atoms with Crippen LogP contribution >= 0.6 is 0 Å². The molecule has 0 spiro atoms. The van der Waals surface area contributed by atoms with Crippen molar-refractivity contribution in [1.82, 2.24) is 15.1 Å². The number of hydrogen-bond donors (Lipinski definition) is 1. The second-order valence-electron chi connectivity index (χ2n) is 4.00. The minimum atomic E-state index is 0.311. The van der Waals surface area contributed by atoms with Crippen molar-refractivity contribution in [3.05, 3.63) is 17.5 Å². The van der Waals surface area contributed by atoms with E-state index in [2.05, 4.69) is 16.5 Å². The molecule has 1 N–H and O–H groups in total. The van der Waals surface area contributed by atoms with Crippen LogP contribution in [-0.2, 0) is 18.3 Å². The summed E-state index contributed by atoms with van der Waals surface area (Å²) in [5, 5.41) is 7.61. The predicted octanol–water partition coefficient (Wildman–Crippen LogP) is 1.24. The number of nitrogens with one attached hydrogen (secondary N) is 1. The van der Waals surface area contributed by atoms with Gasteiger partial charge < -0.3 is 10.1 Å². The van der Waals surface area contributed by atoms with Crippen molar-refractivity contribution < 1.29 is 4.74 Å². The zero-order chi connectivity index (χ0) is 11.3.